The van der Waals surface area contributed by atoms with Crippen molar-refractivity contribution in [2.24, 2.45) is 11.7 Å². The van der Waals surface area contributed by atoms with Gasteiger partial charge in [-0.3, -0.25) is 0 Å². The van der Waals surface area contributed by atoms with E-state index in [9.17, 15) is 4.79 Å². The van der Waals surface area contributed by atoms with E-state index in [1.807, 2.05) is 30.3 Å². The van der Waals surface area contributed by atoms with E-state index in [2.05, 4.69) is 0 Å². The smallest absolute Gasteiger partial charge is 0.410 e. The van der Waals surface area contributed by atoms with Crippen molar-refractivity contribution in [1.29, 1.82) is 0 Å². The highest BCUT2D eigenvalue weighted by molar-refractivity contribution is 7.80. The molecular weight excluding hydrogens is 260 g/mol. The average molecular weight is 278 g/mol. The van der Waals surface area contributed by atoms with Gasteiger partial charge in [0.1, 0.15) is 6.61 Å². The van der Waals surface area contributed by atoms with Gasteiger partial charge in [0, 0.05) is 19.0 Å². The zero-order valence-corrected chi connectivity index (χ0v) is 11.6. The number of amides is 1. The first-order valence-electron chi connectivity index (χ1n) is 6.42. The quantitative estimate of drug-likeness (QED) is 0.862. The van der Waals surface area contributed by atoms with Crippen molar-refractivity contribution in [2.45, 2.75) is 19.4 Å². The molecule has 2 rings (SSSR count). The summed E-state index contributed by atoms with van der Waals surface area (Å²) in [5, 5.41) is 0. The highest BCUT2D eigenvalue weighted by Crippen LogP contribution is 2.17. The van der Waals surface area contributed by atoms with Gasteiger partial charge in [0.25, 0.3) is 0 Å². The van der Waals surface area contributed by atoms with Gasteiger partial charge >= 0.3 is 6.09 Å². The number of ether oxygens (including phenoxy) is 1. The van der Waals surface area contributed by atoms with Crippen LogP contribution in [0.1, 0.15) is 18.4 Å². The zero-order chi connectivity index (χ0) is 13.7. The Hall–Kier alpha value is -1.62. The predicted octanol–water partition coefficient (Wildman–Crippen LogP) is 2.32. The van der Waals surface area contributed by atoms with Gasteiger partial charge in [0.05, 0.1) is 4.99 Å². The van der Waals surface area contributed by atoms with Crippen LogP contribution < -0.4 is 5.73 Å². The molecule has 0 saturated carbocycles. The number of rotatable bonds is 3. The van der Waals surface area contributed by atoms with Crippen LogP contribution in [-0.2, 0) is 11.3 Å². The summed E-state index contributed by atoms with van der Waals surface area (Å²) < 4.78 is 5.30. The molecule has 0 unspecified atom stereocenters. The van der Waals surface area contributed by atoms with Gasteiger partial charge in [-0.15, -0.1) is 0 Å². The van der Waals surface area contributed by atoms with Gasteiger partial charge < -0.3 is 15.4 Å². The lowest BCUT2D eigenvalue weighted by molar-refractivity contribution is 0.0851. The van der Waals surface area contributed by atoms with E-state index in [-0.39, 0.29) is 12.0 Å². The Balaban J connectivity index is 1.84. The van der Waals surface area contributed by atoms with Crippen molar-refractivity contribution in [3.05, 3.63) is 35.9 Å². The molecule has 102 valence electrons. The number of benzene rings is 1. The van der Waals surface area contributed by atoms with Gasteiger partial charge in [0.2, 0.25) is 0 Å². The van der Waals surface area contributed by atoms with Crippen LogP contribution in [0, 0.1) is 5.92 Å². The van der Waals surface area contributed by atoms with E-state index in [0.717, 1.165) is 18.4 Å². The number of piperidine rings is 1. The molecule has 0 aromatic heterocycles. The topological polar surface area (TPSA) is 55.6 Å². The molecule has 0 aliphatic carbocycles. The fourth-order valence-electron chi connectivity index (χ4n) is 2.19. The van der Waals surface area contributed by atoms with Gasteiger partial charge in [-0.1, -0.05) is 42.5 Å². The molecule has 0 radical (unpaired) electrons. The third-order valence-corrected chi connectivity index (χ3v) is 3.62. The van der Waals surface area contributed by atoms with Crippen LogP contribution in [-0.4, -0.2) is 29.1 Å². The monoisotopic (exact) mass is 278 g/mol. The van der Waals surface area contributed by atoms with Crippen molar-refractivity contribution in [3.63, 3.8) is 0 Å². The number of carbonyl (C=O) groups is 1. The first-order valence-corrected chi connectivity index (χ1v) is 6.82. The molecule has 19 heavy (non-hydrogen) atoms. The molecule has 1 aliphatic heterocycles. The SMILES string of the molecule is NC(=S)[C@@H]1CCCN(C(=O)OCc2ccccc2)C1. The number of hydrogen-bond acceptors (Lipinski definition) is 3. The van der Waals surface area contributed by atoms with E-state index in [1.165, 1.54) is 0 Å². The molecule has 5 heteroatoms. The molecular formula is C14H18N2O2S. The van der Waals surface area contributed by atoms with Gasteiger partial charge in [-0.05, 0) is 18.4 Å². The average Bonchev–Trinajstić information content (AvgIpc) is 2.46. The molecule has 1 aliphatic rings. The molecule has 0 spiro atoms. The first-order chi connectivity index (χ1) is 9.16. The number of nitrogens with two attached hydrogens (primary N) is 1. The Labute approximate surface area is 118 Å². The third-order valence-electron chi connectivity index (χ3n) is 3.29. The van der Waals surface area contributed by atoms with E-state index in [0.29, 0.717) is 24.7 Å². The van der Waals surface area contributed by atoms with E-state index < -0.39 is 0 Å². The van der Waals surface area contributed by atoms with Crippen molar-refractivity contribution in [2.75, 3.05) is 13.1 Å². The lowest BCUT2D eigenvalue weighted by atomic mass is 9.99. The van der Waals surface area contributed by atoms with Crippen LogP contribution in [0.4, 0.5) is 4.79 Å². The third kappa shape index (κ3) is 3.92. The number of nitrogens with zero attached hydrogens (tertiary/aromatic N) is 1. The lowest BCUT2D eigenvalue weighted by Crippen LogP contribution is -2.43. The van der Waals surface area contributed by atoms with E-state index in [1.54, 1.807) is 4.90 Å². The fourth-order valence-corrected chi connectivity index (χ4v) is 2.38. The van der Waals surface area contributed by atoms with Crippen LogP contribution in [0.5, 0.6) is 0 Å². The minimum absolute atomic E-state index is 0.119. The normalized spacial score (nSPS) is 18.9. The minimum atomic E-state index is -0.287. The first kappa shape index (κ1) is 13.8. The molecule has 1 amide bonds. The molecule has 1 fully saturated rings. The number of hydrogen-bond donors (Lipinski definition) is 1. The summed E-state index contributed by atoms with van der Waals surface area (Å²) in [6.45, 7) is 1.59. The second-order valence-corrected chi connectivity index (χ2v) is 5.20. The largest absolute Gasteiger partial charge is 0.445 e. The Bertz CT molecular complexity index is 450. The van der Waals surface area contributed by atoms with Crippen LogP contribution in [0.2, 0.25) is 0 Å². The van der Waals surface area contributed by atoms with Crippen molar-refractivity contribution < 1.29 is 9.53 Å². The summed E-state index contributed by atoms with van der Waals surface area (Å²) in [6.07, 6.45) is 1.59. The van der Waals surface area contributed by atoms with Crippen molar-refractivity contribution in [3.8, 4) is 0 Å². The van der Waals surface area contributed by atoms with Gasteiger partial charge in [-0.25, -0.2) is 4.79 Å². The number of carbonyl (C=O) groups excluding carboxylic acids is 1. The highest BCUT2D eigenvalue weighted by Gasteiger charge is 2.26. The molecule has 1 atom stereocenters. The highest BCUT2D eigenvalue weighted by atomic mass is 32.1. The van der Waals surface area contributed by atoms with Crippen molar-refractivity contribution >= 4 is 23.3 Å². The maximum atomic E-state index is 12.0. The Morgan fingerprint density at radius 2 is 2.16 bits per heavy atom. The Morgan fingerprint density at radius 1 is 1.42 bits per heavy atom. The summed E-state index contributed by atoms with van der Waals surface area (Å²) >= 11 is 5.00. The summed E-state index contributed by atoms with van der Waals surface area (Å²) in [5.74, 6) is 0.119. The lowest BCUT2D eigenvalue weighted by Gasteiger charge is -2.31. The van der Waals surface area contributed by atoms with Crippen LogP contribution in [0.25, 0.3) is 0 Å². The minimum Gasteiger partial charge on any atom is -0.445 e. The molecule has 1 heterocycles. The summed E-state index contributed by atoms with van der Waals surface area (Å²) in [5.41, 5.74) is 6.63. The van der Waals surface area contributed by atoms with Crippen LogP contribution >= 0.6 is 12.2 Å². The Morgan fingerprint density at radius 3 is 2.84 bits per heavy atom. The zero-order valence-electron chi connectivity index (χ0n) is 10.7. The number of thiocarbonyl (C=S) groups is 1. The second kappa shape index (κ2) is 6.52. The van der Waals surface area contributed by atoms with E-state index in [4.69, 9.17) is 22.7 Å². The molecule has 2 N–H and O–H groups in total. The van der Waals surface area contributed by atoms with Gasteiger partial charge in [0.15, 0.2) is 0 Å². The van der Waals surface area contributed by atoms with Crippen LogP contribution in [0.3, 0.4) is 0 Å². The van der Waals surface area contributed by atoms with E-state index >= 15 is 0 Å². The molecule has 1 aromatic carbocycles. The maximum Gasteiger partial charge on any atom is 0.410 e. The molecule has 0 bridgehead atoms. The molecule has 1 saturated heterocycles. The predicted molar refractivity (Wildman–Crippen MR) is 77.7 cm³/mol. The summed E-state index contributed by atoms with van der Waals surface area (Å²) in [4.78, 5) is 14.1. The fraction of sp³-hybridized carbons (Fsp3) is 0.429. The van der Waals surface area contributed by atoms with Crippen molar-refractivity contribution in [1.82, 2.24) is 4.90 Å². The standard InChI is InChI=1S/C14H18N2O2S/c15-13(19)12-7-4-8-16(9-12)14(17)18-10-11-5-2-1-3-6-11/h1-3,5-6,12H,4,7-10H2,(H2,15,19)/t12-/m1/s1. The molecule has 1 aromatic rings. The second-order valence-electron chi connectivity index (χ2n) is 4.73. The van der Waals surface area contributed by atoms with Gasteiger partial charge in [-0.2, -0.15) is 0 Å². The number of likely N-dealkylation sites (tertiary alicyclic amines) is 1. The maximum absolute atomic E-state index is 12.0. The summed E-state index contributed by atoms with van der Waals surface area (Å²) in [7, 11) is 0. The Kier molecular flexibility index (Phi) is 4.74. The van der Waals surface area contributed by atoms with Crippen LogP contribution in [0.15, 0.2) is 30.3 Å². The molecule has 4 nitrogen and oxygen atoms in total. The summed E-state index contributed by atoms with van der Waals surface area (Å²) in [6, 6.07) is 9.64.